The van der Waals surface area contributed by atoms with Crippen molar-refractivity contribution in [2.24, 2.45) is 5.92 Å². The minimum Gasteiger partial charge on any atom is -0.303 e. The number of benzene rings is 3. The highest BCUT2D eigenvalue weighted by molar-refractivity contribution is 6.04. The van der Waals surface area contributed by atoms with Crippen molar-refractivity contribution in [2.45, 2.75) is 70.6 Å². The molecule has 0 aromatic heterocycles. The molecule has 1 fully saturated rings. The Morgan fingerprint density at radius 3 is 2.43 bits per heavy atom. The highest BCUT2D eigenvalue weighted by Gasteiger charge is 2.34. The molecule has 0 bridgehead atoms. The Morgan fingerprint density at radius 1 is 0.933 bits per heavy atom. The molecular weight excluding hydrogens is 364 g/mol. The molecule has 2 aliphatic carbocycles. The minimum atomic E-state index is -0.0112. The summed E-state index contributed by atoms with van der Waals surface area (Å²) in [6, 6.07) is 18.8. The molecule has 0 amide bonds. The standard InChI is InChI=1S/C29H32O/c1-4-6-21-13-16-25-24-15-14-22(20-11-9-19(18-30)10-12-20)17-27(24)29(2,3)26-8-5-7-23(21)28(25)26/h5,7-8,13-20H,4,6,9-12H2,1-3H3. The predicted molar refractivity (Wildman–Crippen MR) is 126 cm³/mol. The first-order valence-corrected chi connectivity index (χ1v) is 11.7. The molecule has 1 heteroatoms. The second-order valence-electron chi connectivity index (χ2n) is 9.93. The number of carbonyl (C=O) groups is 1. The average molecular weight is 397 g/mol. The van der Waals surface area contributed by atoms with E-state index in [0.717, 1.165) is 38.4 Å². The molecule has 0 unspecified atom stereocenters. The van der Waals surface area contributed by atoms with Crippen LogP contribution >= 0.6 is 0 Å². The van der Waals surface area contributed by atoms with Crippen molar-refractivity contribution < 1.29 is 4.79 Å². The van der Waals surface area contributed by atoms with Gasteiger partial charge in [-0.1, -0.05) is 75.7 Å². The summed E-state index contributed by atoms with van der Waals surface area (Å²) in [5.74, 6) is 0.864. The van der Waals surface area contributed by atoms with Crippen molar-refractivity contribution in [3.8, 4) is 11.1 Å². The zero-order chi connectivity index (χ0) is 20.9. The Balaban J connectivity index is 1.65. The van der Waals surface area contributed by atoms with E-state index < -0.39 is 0 Å². The van der Waals surface area contributed by atoms with Gasteiger partial charge in [0.1, 0.15) is 6.29 Å². The lowest BCUT2D eigenvalue weighted by molar-refractivity contribution is -0.111. The van der Waals surface area contributed by atoms with Gasteiger partial charge in [0.2, 0.25) is 0 Å². The number of aldehydes is 1. The first kappa shape index (κ1) is 19.5. The second-order valence-corrected chi connectivity index (χ2v) is 9.93. The van der Waals surface area contributed by atoms with Crippen LogP contribution in [0.1, 0.15) is 81.0 Å². The van der Waals surface area contributed by atoms with Crippen LogP contribution in [0.2, 0.25) is 0 Å². The van der Waals surface area contributed by atoms with E-state index in [2.05, 4.69) is 69.3 Å². The molecule has 154 valence electrons. The van der Waals surface area contributed by atoms with Crippen molar-refractivity contribution in [1.82, 2.24) is 0 Å². The molecule has 0 aliphatic heterocycles. The summed E-state index contributed by atoms with van der Waals surface area (Å²) in [7, 11) is 0. The highest BCUT2D eigenvalue weighted by atomic mass is 16.1. The number of hydrogen-bond acceptors (Lipinski definition) is 1. The maximum atomic E-state index is 11.2. The molecule has 3 aromatic rings. The highest BCUT2D eigenvalue weighted by Crippen LogP contribution is 2.50. The summed E-state index contributed by atoms with van der Waals surface area (Å²) in [6.45, 7) is 7.05. The topological polar surface area (TPSA) is 17.1 Å². The summed E-state index contributed by atoms with van der Waals surface area (Å²) >= 11 is 0. The maximum absolute atomic E-state index is 11.2. The van der Waals surface area contributed by atoms with Gasteiger partial charge in [0.15, 0.2) is 0 Å². The number of carbonyl (C=O) groups excluding carboxylic acids is 1. The van der Waals surface area contributed by atoms with Gasteiger partial charge in [-0.05, 0) is 82.2 Å². The summed E-state index contributed by atoms with van der Waals surface area (Å²) in [6.07, 6.45) is 7.82. The molecule has 5 rings (SSSR count). The Morgan fingerprint density at radius 2 is 1.70 bits per heavy atom. The van der Waals surface area contributed by atoms with Gasteiger partial charge in [0, 0.05) is 11.3 Å². The van der Waals surface area contributed by atoms with Crippen molar-refractivity contribution in [2.75, 3.05) is 0 Å². The second kappa shape index (κ2) is 7.38. The molecule has 1 nitrogen and oxygen atoms in total. The van der Waals surface area contributed by atoms with Gasteiger partial charge in [0.05, 0.1) is 0 Å². The van der Waals surface area contributed by atoms with E-state index in [4.69, 9.17) is 0 Å². The molecule has 3 aromatic carbocycles. The van der Waals surface area contributed by atoms with Crippen LogP contribution in [-0.4, -0.2) is 6.29 Å². The van der Waals surface area contributed by atoms with Crippen LogP contribution in [0.15, 0.2) is 48.5 Å². The molecule has 0 heterocycles. The zero-order valence-electron chi connectivity index (χ0n) is 18.5. The van der Waals surface area contributed by atoms with E-state index in [1.54, 1.807) is 0 Å². The number of fused-ring (bicyclic) bond motifs is 2. The SMILES string of the molecule is CCCc1ccc2c3c(cccc13)C(C)(C)c1cc(C3CCC(C=O)CC3)ccc1-2. The van der Waals surface area contributed by atoms with E-state index in [1.165, 1.54) is 50.6 Å². The van der Waals surface area contributed by atoms with Gasteiger partial charge in [0.25, 0.3) is 0 Å². The summed E-state index contributed by atoms with van der Waals surface area (Å²) < 4.78 is 0. The predicted octanol–water partition coefficient (Wildman–Crippen LogP) is 7.57. The van der Waals surface area contributed by atoms with E-state index >= 15 is 0 Å². The van der Waals surface area contributed by atoms with Crippen LogP contribution in [0.4, 0.5) is 0 Å². The number of hydrogen-bond donors (Lipinski definition) is 0. The first-order valence-electron chi connectivity index (χ1n) is 11.7. The Hall–Kier alpha value is -2.41. The fourth-order valence-electron chi connectivity index (χ4n) is 6.00. The van der Waals surface area contributed by atoms with Crippen LogP contribution in [0.25, 0.3) is 21.9 Å². The Labute approximate surface area is 180 Å². The summed E-state index contributed by atoms with van der Waals surface area (Å²) in [5, 5.41) is 2.89. The van der Waals surface area contributed by atoms with Crippen LogP contribution < -0.4 is 0 Å². The van der Waals surface area contributed by atoms with E-state index in [1.807, 2.05) is 0 Å². The maximum Gasteiger partial charge on any atom is 0.123 e. The van der Waals surface area contributed by atoms with Gasteiger partial charge in [-0.3, -0.25) is 0 Å². The van der Waals surface area contributed by atoms with Gasteiger partial charge in [-0.2, -0.15) is 0 Å². The van der Waals surface area contributed by atoms with E-state index in [-0.39, 0.29) is 11.3 Å². The van der Waals surface area contributed by atoms with Crippen LogP contribution in [0.3, 0.4) is 0 Å². The van der Waals surface area contributed by atoms with Crippen LogP contribution in [0, 0.1) is 5.92 Å². The molecule has 0 atom stereocenters. The molecule has 0 saturated heterocycles. The normalized spacial score (nSPS) is 22.0. The fourth-order valence-corrected chi connectivity index (χ4v) is 6.00. The first-order chi connectivity index (χ1) is 14.5. The average Bonchev–Trinajstić information content (AvgIpc) is 2.78. The quantitative estimate of drug-likeness (QED) is 0.416. The fraction of sp³-hybridized carbons (Fsp3) is 0.414. The lowest BCUT2D eigenvalue weighted by Gasteiger charge is -2.36. The molecule has 0 spiro atoms. The molecule has 0 radical (unpaired) electrons. The number of rotatable bonds is 4. The van der Waals surface area contributed by atoms with Gasteiger partial charge in [-0.25, -0.2) is 0 Å². The smallest absolute Gasteiger partial charge is 0.123 e. The molecule has 1 saturated carbocycles. The Kier molecular flexibility index (Phi) is 4.81. The van der Waals surface area contributed by atoms with Crippen LogP contribution in [-0.2, 0) is 16.6 Å². The third-order valence-corrected chi connectivity index (χ3v) is 7.77. The summed E-state index contributed by atoms with van der Waals surface area (Å²) in [4.78, 5) is 11.2. The van der Waals surface area contributed by atoms with Gasteiger partial charge >= 0.3 is 0 Å². The molecular formula is C29H32O. The van der Waals surface area contributed by atoms with Crippen molar-refractivity contribution in [3.63, 3.8) is 0 Å². The number of aryl methyl sites for hydroxylation is 1. The Bertz CT molecular complexity index is 1110. The van der Waals surface area contributed by atoms with Gasteiger partial charge < -0.3 is 4.79 Å². The monoisotopic (exact) mass is 396 g/mol. The zero-order valence-corrected chi connectivity index (χ0v) is 18.5. The van der Waals surface area contributed by atoms with Crippen molar-refractivity contribution in [1.29, 1.82) is 0 Å². The molecule has 30 heavy (non-hydrogen) atoms. The third-order valence-electron chi connectivity index (χ3n) is 7.77. The summed E-state index contributed by atoms with van der Waals surface area (Å²) in [5.41, 5.74) is 8.64. The van der Waals surface area contributed by atoms with Gasteiger partial charge in [-0.15, -0.1) is 0 Å². The van der Waals surface area contributed by atoms with E-state index in [9.17, 15) is 4.79 Å². The van der Waals surface area contributed by atoms with Crippen molar-refractivity contribution in [3.05, 3.63) is 70.8 Å². The molecule has 2 aliphatic rings. The lowest BCUT2D eigenvalue weighted by Crippen LogP contribution is -2.24. The van der Waals surface area contributed by atoms with Crippen molar-refractivity contribution >= 4 is 17.1 Å². The lowest BCUT2D eigenvalue weighted by atomic mass is 9.67. The largest absolute Gasteiger partial charge is 0.303 e. The minimum absolute atomic E-state index is 0.0112. The third kappa shape index (κ3) is 2.94. The van der Waals surface area contributed by atoms with E-state index in [0.29, 0.717) is 5.92 Å². The molecule has 0 N–H and O–H groups in total. The van der Waals surface area contributed by atoms with Crippen LogP contribution in [0.5, 0.6) is 0 Å².